The number of unbranched alkanes of at least 4 members (excludes halogenated alkanes) is 1. The molecule has 0 bridgehead atoms. The van der Waals surface area contributed by atoms with Crippen LogP contribution >= 0.6 is 23.2 Å². The van der Waals surface area contributed by atoms with E-state index in [1.54, 1.807) is 18.2 Å². The third-order valence-corrected chi connectivity index (χ3v) is 7.47. The lowest BCUT2D eigenvalue weighted by molar-refractivity contribution is -0.119. The molecule has 0 heterocycles. The molecule has 0 aromatic heterocycles. The van der Waals surface area contributed by atoms with Crippen LogP contribution in [0.3, 0.4) is 0 Å². The second-order valence-electron chi connectivity index (χ2n) is 7.14. The number of halogens is 2. The van der Waals surface area contributed by atoms with Crippen LogP contribution in [0, 0.1) is 5.92 Å². The van der Waals surface area contributed by atoms with Crippen molar-refractivity contribution >= 4 is 44.8 Å². The lowest BCUT2D eigenvalue weighted by Gasteiger charge is -2.25. The second kappa shape index (κ2) is 11.6. The minimum Gasteiger partial charge on any atom is -0.354 e. The fourth-order valence-electron chi connectivity index (χ4n) is 3.06. The molecule has 0 fully saturated rings. The quantitative estimate of drug-likeness (QED) is 0.469. The number of rotatable bonds is 11. The van der Waals surface area contributed by atoms with Gasteiger partial charge >= 0.3 is 0 Å². The van der Waals surface area contributed by atoms with Gasteiger partial charge in [0, 0.05) is 6.54 Å². The molecule has 1 atom stereocenters. The summed E-state index contributed by atoms with van der Waals surface area (Å²) in [6.07, 6.45) is 4.20. The Morgan fingerprint density at radius 3 is 2.37 bits per heavy atom. The molecule has 2 aromatic rings. The van der Waals surface area contributed by atoms with E-state index in [0.717, 1.165) is 30.0 Å². The van der Waals surface area contributed by atoms with E-state index in [9.17, 15) is 13.2 Å². The Morgan fingerprint density at radius 2 is 1.77 bits per heavy atom. The van der Waals surface area contributed by atoms with Crippen molar-refractivity contribution in [1.82, 2.24) is 5.32 Å². The Balaban J connectivity index is 2.26. The van der Waals surface area contributed by atoms with Crippen molar-refractivity contribution in [2.75, 3.05) is 17.4 Å². The molecule has 0 saturated heterocycles. The van der Waals surface area contributed by atoms with Crippen LogP contribution in [0.15, 0.2) is 53.4 Å². The number of nitrogens with one attached hydrogen (secondary N) is 1. The number of anilines is 1. The van der Waals surface area contributed by atoms with E-state index in [4.69, 9.17) is 23.2 Å². The standard InChI is InChI=1S/C22H28Cl2N2O3S/c1-3-5-9-17(4-2)15-25-22(27)16-26(18-12-13-20(23)21(24)14-18)30(28,29)19-10-7-6-8-11-19/h6-8,10-14,17H,3-5,9,15-16H2,1-2H3,(H,25,27). The van der Waals surface area contributed by atoms with Crippen LogP contribution in [0.2, 0.25) is 10.0 Å². The third-order valence-electron chi connectivity index (χ3n) is 4.94. The van der Waals surface area contributed by atoms with E-state index in [0.29, 0.717) is 17.5 Å². The molecule has 30 heavy (non-hydrogen) atoms. The summed E-state index contributed by atoms with van der Waals surface area (Å²) in [7, 11) is -3.97. The van der Waals surface area contributed by atoms with E-state index in [1.165, 1.54) is 30.3 Å². The van der Waals surface area contributed by atoms with Crippen molar-refractivity contribution in [2.24, 2.45) is 5.92 Å². The van der Waals surface area contributed by atoms with E-state index < -0.39 is 10.0 Å². The van der Waals surface area contributed by atoms with Crippen molar-refractivity contribution in [3.63, 3.8) is 0 Å². The molecule has 0 aliphatic heterocycles. The van der Waals surface area contributed by atoms with Gasteiger partial charge in [0.05, 0.1) is 20.6 Å². The Hall–Kier alpha value is -1.76. The molecular weight excluding hydrogens is 443 g/mol. The minimum absolute atomic E-state index is 0.0956. The number of carbonyl (C=O) groups excluding carboxylic acids is 1. The third kappa shape index (κ3) is 6.62. The molecule has 8 heteroatoms. The molecule has 2 rings (SSSR count). The Kier molecular flexibility index (Phi) is 9.46. The maximum absolute atomic E-state index is 13.3. The number of hydrogen-bond donors (Lipinski definition) is 1. The van der Waals surface area contributed by atoms with E-state index in [2.05, 4.69) is 19.2 Å². The Bertz CT molecular complexity index is 937. The zero-order valence-corrected chi connectivity index (χ0v) is 19.6. The van der Waals surface area contributed by atoms with E-state index in [1.807, 2.05) is 0 Å². The van der Waals surface area contributed by atoms with Crippen LogP contribution in [-0.2, 0) is 14.8 Å². The van der Waals surface area contributed by atoms with Crippen molar-refractivity contribution in [3.05, 3.63) is 58.6 Å². The van der Waals surface area contributed by atoms with Gasteiger partial charge in [-0.25, -0.2) is 8.42 Å². The zero-order chi connectivity index (χ0) is 22.1. The summed E-state index contributed by atoms with van der Waals surface area (Å²) in [6, 6.07) is 12.5. The molecule has 0 aliphatic carbocycles. The van der Waals surface area contributed by atoms with E-state index in [-0.39, 0.29) is 28.1 Å². The fraction of sp³-hybridized carbons (Fsp3) is 0.409. The zero-order valence-electron chi connectivity index (χ0n) is 17.3. The molecule has 1 N–H and O–H groups in total. The Labute approximate surface area is 189 Å². The highest BCUT2D eigenvalue weighted by atomic mass is 35.5. The first-order valence-electron chi connectivity index (χ1n) is 10.1. The summed E-state index contributed by atoms with van der Waals surface area (Å²) in [5, 5.41) is 3.41. The summed E-state index contributed by atoms with van der Waals surface area (Å²) < 4.78 is 27.6. The number of benzene rings is 2. The molecule has 0 radical (unpaired) electrons. The molecule has 5 nitrogen and oxygen atoms in total. The van der Waals surface area contributed by atoms with Crippen molar-refractivity contribution in [3.8, 4) is 0 Å². The van der Waals surface area contributed by atoms with Crippen LogP contribution in [-0.4, -0.2) is 27.4 Å². The number of hydrogen-bond acceptors (Lipinski definition) is 3. The SMILES string of the molecule is CCCCC(CC)CNC(=O)CN(c1ccc(Cl)c(Cl)c1)S(=O)(=O)c1ccccc1. The average molecular weight is 471 g/mol. The molecule has 2 aromatic carbocycles. The smallest absolute Gasteiger partial charge is 0.264 e. The first-order chi connectivity index (χ1) is 14.3. The molecule has 0 aliphatic rings. The monoisotopic (exact) mass is 470 g/mol. The van der Waals surface area contributed by atoms with Gasteiger partial charge in [0.15, 0.2) is 0 Å². The molecule has 0 saturated carbocycles. The summed E-state index contributed by atoms with van der Waals surface area (Å²) in [5.41, 5.74) is 0.279. The van der Waals surface area contributed by atoms with Gasteiger partial charge in [-0.05, 0) is 42.7 Å². The molecule has 1 amide bonds. The van der Waals surface area contributed by atoms with Crippen LogP contribution in [0.4, 0.5) is 5.69 Å². The normalized spacial score (nSPS) is 12.4. The minimum atomic E-state index is -3.97. The largest absolute Gasteiger partial charge is 0.354 e. The first kappa shape index (κ1) is 24.5. The maximum Gasteiger partial charge on any atom is 0.264 e. The predicted octanol–water partition coefficient (Wildman–Crippen LogP) is 5.52. The molecule has 1 unspecified atom stereocenters. The molecule has 164 valence electrons. The van der Waals surface area contributed by atoms with Gasteiger partial charge in [-0.1, -0.05) is 74.5 Å². The van der Waals surface area contributed by atoms with Gasteiger partial charge in [-0.3, -0.25) is 9.10 Å². The number of nitrogens with zero attached hydrogens (tertiary/aromatic N) is 1. The second-order valence-corrected chi connectivity index (χ2v) is 9.82. The maximum atomic E-state index is 13.3. The first-order valence-corrected chi connectivity index (χ1v) is 12.3. The van der Waals surface area contributed by atoms with Crippen LogP contribution < -0.4 is 9.62 Å². The summed E-state index contributed by atoms with van der Waals surface area (Å²) in [5.74, 6) is 0.00795. The highest BCUT2D eigenvalue weighted by Gasteiger charge is 2.27. The molecule has 0 spiro atoms. The number of amides is 1. The highest BCUT2D eigenvalue weighted by molar-refractivity contribution is 7.92. The van der Waals surface area contributed by atoms with Gasteiger partial charge in [0.1, 0.15) is 6.54 Å². The van der Waals surface area contributed by atoms with Crippen molar-refractivity contribution in [1.29, 1.82) is 0 Å². The fourth-order valence-corrected chi connectivity index (χ4v) is 4.79. The number of carbonyl (C=O) groups is 1. The lowest BCUT2D eigenvalue weighted by Crippen LogP contribution is -2.42. The van der Waals surface area contributed by atoms with Crippen molar-refractivity contribution in [2.45, 2.75) is 44.4 Å². The van der Waals surface area contributed by atoms with Gasteiger partial charge in [0.2, 0.25) is 5.91 Å². The van der Waals surface area contributed by atoms with Crippen molar-refractivity contribution < 1.29 is 13.2 Å². The summed E-state index contributed by atoms with van der Waals surface area (Å²) in [6.45, 7) is 4.40. The Morgan fingerprint density at radius 1 is 1.07 bits per heavy atom. The lowest BCUT2D eigenvalue weighted by atomic mass is 9.99. The summed E-state index contributed by atoms with van der Waals surface area (Å²) >= 11 is 12.1. The molecular formula is C22H28Cl2N2O3S. The summed E-state index contributed by atoms with van der Waals surface area (Å²) in [4.78, 5) is 12.8. The van der Waals surface area contributed by atoms with Crippen LogP contribution in [0.1, 0.15) is 39.5 Å². The topological polar surface area (TPSA) is 66.5 Å². The number of sulfonamides is 1. The van der Waals surface area contributed by atoms with Crippen LogP contribution in [0.5, 0.6) is 0 Å². The van der Waals surface area contributed by atoms with Gasteiger partial charge in [-0.2, -0.15) is 0 Å². The predicted molar refractivity (Wildman–Crippen MR) is 124 cm³/mol. The van der Waals surface area contributed by atoms with Gasteiger partial charge in [0.25, 0.3) is 10.0 Å². The van der Waals surface area contributed by atoms with Crippen LogP contribution in [0.25, 0.3) is 0 Å². The van der Waals surface area contributed by atoms with E-state index >= 15 is 0 Å². The average Bonchev–Trinajstić information content (AvgIpc) is 2.74. The highest BCUT2D eigenvalue weighted by Crippen LogP contribution is 2.30. The van der Waals surface area contributed by atoms with Gasteiger partial charge in [-0.15, -0.1) is 0 Å². The van der Waals surface area contributed by atoms with Gasteiger partial charge < -0.3 is 5.32 Å².